The number of amides is 1. The molecule has 2 atom stereocenters. The third-order valence-electron chi connectivity index (χ3n) is 4.11. The number of halogens is 1. The summed E-state index contributed by atoms with van der Waals surface area (Å²) in [6.45, 7) is 6.05. The van der Waals surface area contributed by atoms with Crippen LogP contribution < -0.4 is 10.2 Å². The maximum absolute atomic E-state index is 12.2. The molecule has 0 aromatic heterocycles. The topological polar surface area (TPSA) is 59.8 Å². The number of hydrogen-bond acceptors (Lipinski definition) is 3. The van der Waals surface area contributed by atoms with Gasteiger partial charge in [0.15, 0.2) is 6.54 Å². The van der Waals surface area contributed by atoms with E-state index in [0.717, 1.165) is 35.5 Å². The number of rotatable bonds is 5. The highest BCUT2D eigenvalue weighted by Crippen LogP contribution is 2.19. The van der Waals surface area contributed by atoms with Gasteiger partial charge < -0.3 is 15.0 Å². The van der Waals surface area contributed by atoms with Crippen LogP contribution in [0, 0.1) is 12.8 Å². The fourth-order valence-electron chi connectivity index (χ4n) is 2.96. The smallest absolute Gasteiger partial charge is 0.314 e. The second-order valence-corrected chi connectivity index (χ2v) is 6.42. The summed E-state index contributed by atoms with van der Waals surface area (Å²) in [5, 5.41) is 3.57. The number of hydrogen-bond donors (Lipinski definition) is 2. The SMILES string of the molecule is CCOC(=O)[C@@H]1CCC[NH+](CC(=O)Nc2ccc(Cl)cc2C)C1. The van der Waals surface area contributed by atoms with Crippen LogP contribution in [0.25, 0.3) is 0 Å². The van der Waals surface area contributed by atoms with Gasteiger partial charge in [-0.3, -0.25) is 9.59 Å². The molecule has 1 fully saturated rings. The maximum atomic E-state index is 12.2. The number of carbonyl (C=O) groups is 2. The van der Waals surface area contributed by atoms with Crippen LogP contribution in [0.4, 0.5) is 5.69 Å². The lowest BCUT2D eigenvalue weighted by Crippen LogP contribution is -3.14. The van der Waals surface area contributed by atoms with Gasteiger partial charge in [0.1, 0.15) is 5.92 Å². The molecule has 0 saturated carbocycles. The molecule has 126 valence electrons. The predicted octanol–water partition coefficient (Wildman–Crippen LogP) is 1.44. The average molecular weight is 340 g/mol. The number of benzene rings is 1. The van der Waals surface area contributed by atoms with Crippen molar-refractivity contribution < 1.29 is 19.2 Å². The van der Waals surface area contributed by atoms with E-state index in [4.69, 9.17) is 16.3 Å². The molecule has 1 heterocycles. The molecule has 2 N–H and O–H groups in total. The molecular weight excluding hydrogens is 316 g/mol. The van der Waals surface area contributed by atoms with Gasteiger partial charge in [0.25, 0.3) is 5.91 Å². The van der Waals surface area contributed by atoms with Crippen molar-refractivity contribution in [2.75, 3.05) is 31.6 Å². The van der Waals surface area contributed by atoms with Crippen LogP contribution in [0.1, 0.15) is 25.3 Å². The number of aryl methyl sites for hydroxylation is 1. The molecule has 1 aliphatic rings. The molecule has 1 aliphatic heterocycles. The fourth-order valence-corrected chi connectivity index (χ4v) is 3.19. The lowest BCUT2D eigenvalue weighted by molar-refractivity contribution is -0.899. The second kappa shape index (κ2) is 8.31. The molecule has 6 heteroatoms. The molecule has 1 unspecified atom stereocenters. The molecule has 0 radical (unpaired) electrons. The van der Waals surface area contributed by atoms with Gasteiger partial charge in [-0.15, -0.1) is 0 Å². The minimum absolute atomic E-state index is 0.0464. The summed E-state index contributed by atoms with van der Waals surface area (Å²) >= 11 is 5.92. The minimum atomic E-state index is -0.140. The first-order valence-corrected chi connectivity index (χ1v) is 8.43. The van der Waals surface area contributed by atoms with Gasteiger partial charge in [0, 0.05) is 10.7 Å². The van der Waals surface area contributed by atoms with Crippen molar-refractivity contribution >= 4 is 29.2 Å². The molecular formula is C17H24ClN2O3+. The Morgan fingerprint density at radius 2 is 2.22 bits per heavy atom. The van der Waals surface area contributed by atoms with Crippen LogP contribution in [-0.2, 0) is 14.3 Å². The number of piperidine rings is 1. The Morgan fingerprint density at radius 1 is 1.43 bits per heavy atom. The van der Waals surface area contributed by atoms with Crippen molar-refractivity contribution in [3.63, 3.8) is 0 Å². The monoisotopic (exact) mass is 339 g/mol. The van der Waals surface area contributed by atoms with E-state index in [1.807, 2.05) is 26.0 Å². The molecule has 0 bridgehead atoms. The first-order chi connectivity index (χ1) is 11.0. The van der Waals surface area contributed by atoms with E-state index in [0.29, 0.717) is 24.7 Å². The highest BCUT2D eigenvalue weighted by atomic mass is 35.5. The summed E-state index contributed by atoms with van der Waals surface area (Å²) in [4.78, 5) is 25.2. The third-order valence-corrected chi connectivity index (χ3v) is 4.35. The number of ether oxygens (including phenoxy) is 1. The Kier molecular flexibility index (Phi) is 6.42. The van der Waals surface area contributed by atoms with Crippen LogP contribution in [0.2, 0.25) is 5.02 Å². The van der Waals surface area contributed by atoms with E-state index in [2.05, 4.69) is 5.32 Å². The highest BCUT2D eigenvalue weighted by Gasteiger charge is 2.30. The average Bonchev–Trinajstić information content (AvgIpc) is 2.50. The Bertz CT molecular complexity index is 577. The summed E-state index contributed by atoms with van der Waals surface area (Å²) in [5.74, 6) is -0.280. The molecule has 2 rings (SSSR count). The van der Waals surface area contributed by atoms with Crippen molar-refractivity contribution in [2.45, 2.75) is 26.7 Å². The van der Waals surface area contributed by atoms with Gasteiger partial charge in [-0.25, -0.2) is 0 Å². The highest BCUT2D eigenvalue weighted by molar-refractivity contribution is 6.30. The maximum Gasteiger partial charge on any atom is 0.314 e. The Balaban J connectivity index is 1.88. The molecule has 23 heavy (non-hydrogen) atoms. The van der Waals surface area contributed by atoms with Gasteiger partial charge in [-0.05, 0) is 50.5 Å². The van der Waals surface area contributed by atoms with E-state index in [1.54, 1.807) is 6.07 Å². The number of anilines is 1. The molecule has 1 saturated heterocycles. The normalized spacial score (nSPS) is 20.8. The first kappa shape index (κ1) is 17.8. The zero-order valence-electron chi connectivity index (χ0n) is 13.7. The van der Waals surface area contributed by atoms with E-state index < -0.39 is 0 Å². The Hall–Kier alpha value is -1.59. The molecule has 1 aromatic carbocycles. The van der Waals surface area contributed by atoms with Crippen LogP contribution in [0.15, 0.2) is 18.2 Å². The standard InChI is InChI=1S/C17H23ClN2O3/c1-3-23-17(22)13-5-4-8-20(10-13)11-16(21)19-15-7-6-14(18)9-12(15)2/h6-7,9,13H,3-5,8,10-11H2,1-2H3,(H,19,21)/p+1/t13-/m1/s1. The number of esters is 1. The number of carbonyl (C=O) groups excluding carboxylic acids is 2. The van der Waals surface area contributed by atoms with Crippen LogP contribution in [0.3, 0.4) is 0 Å². The lowest BCUT2D eigenvalue weighted by atomic mass is 9.98. The summed E-state index contributed by atoms with van der Waals surface area (Å²) in [7, 11) is 0. The van der Waals surface area contributed by atoms with E-state index in [-0.39, 0.29) is 17.8 Å². The zero-order chi connectivity index (χ0) is 16.8. The fraction of sp³-hybridized carbons (Fsp3) is 0.529. The van der Waals surface area contributed by atoms with Crippen LogP contribution in [0.5, 0.6) is 0 Å². The Labute approximate surface area is 141 Å². The largest absolute Gasteiger partial charge is 0.466 e. The van der Waals surface area contributed by atoms with Gasteiger partial charge in [0.05, 0.1) is 19.7 Å². The van der Waals surface area contributed by atoms with Crippen molar-refractivity contribution in [3.05, 3.63) is 28.8 Å². The molecule has 1 amide bonds. The molecule has 0 aliphatic carbocycles. The first-order valence-electron chi connectivity index (χ1n) is 8.05. The second-order valence-electron chi connectivity index (χ2n) is 5.98. The van der Waals surface area contributed by atoms with Gasteiger partial charge >= 0.3 is 5.97 Å². The lowest BCUT2D eigenvalue weighted by Gasteiger charge is -2.28. The van der Waals surface area contributed by atoms with Crippen LogP contribution >= 0.6 is 11.6 Å². The molecule has 5 nitrogen and oxygen atoms in total. The van der Waals surface area contributed by atoms with Crippen molar-refractivity contribution in [1.29, 1.82) is 0 Å². The summed E-state index contributed by atoms with van der Waals surface area (Å²) in [6.07, 6.45) is 1.78. The van der Waals surface area contributed by atoms with Gasteiger partial charge in [-0.2, -0.15) is 0 Å². The van der Waals surface area contributed by atoms with E-state index >= 15 is 0 Å². The number of likely N-dealkylation sites (tertiary alicyclic amines) is 1. The summed E-state index contributed by atoms with van der Waals surface area (Å²) in [5.41, 5.74) is 1.71. The quantitative estimate of drug-likeness (QED) is 0.798. The van der Waals surface area contributed by atoms with Crippen molar-refractivity contribution in [1.82, 2.24) is 0 Å². The number of nitrogens with one attached hydrogen (secondary N) is 2. The molecule has 1 aromatic rings. The zero-order valence-corrected chi connectivity index (χ0v) is 14.4. The van der Waals surface area contributed by atoms with Crippen molar-refractivity contribution in [2.24, 2.45) is 5.92 Å². The summed E-state index contributed by atoms with van der Waals surface area (Å²) < 4.78 is 5.09. The predicted molar refractivity (Wildman–Crippen MR) is 89.7 cm³/mol. The summed E-state index contributed by atoms with van der Waals surface area (Å²) in [6, 6.07) is 5.39. The van der Waals surface area contributed by atoms with Crippen molar-refractivity contribution in [3.8, 4) is 0 Å². The minimum Gasteiger partial charge on any atom is -0.466 e. The van der Waals surface area contributed by atoms with Gasteiger partial charge in [0.2, 0.25) is 0 Å². The Morgan fingerprint density at radius 3 is 2.91 bits per heavy atom. The van der Waals surface area contributed by atoms with E-state index in [1.165, 1.54) is 0 Å². The van der Waals surface area contributed by atoms with Crippen LogP contribution in [-0.4, -0.2) is 38.1 Å². The molecule has 0 spiro atoms. The third kappa shape index (κ3) is 5.22. The van der Waals surface area contributed by atoms with E-state index in [9.17, 15) is 9.59 Å². The number of quaternary nitrogens is 1. The van der Waals surface area contributed by atoms with Gasteiger partial charge in [-0.1, -0.05) is 11.6 Å².